The van der Waals surface area contributed by atoms with Crippen molar-refractivity contribution in [1.29, 1.82) is 0 Å². The standard InChI is InChI=1S/C23H37N3O3/c1-17-7-5-6-8-20(17)24-23(27)16-26-11-9-25(10-12-26)15-19-14-22(29-4)21(28-3)13-18(19)2/h13-14,17,20H,5-12,15-16H2,1-4H3,(H,24,27)/t17-,20+/m0/s1. The van der Waals surface area contributed by atoms with E-state index in [1.807, 2.05) is 6.07 Å². The van der Waals surface area contributed by atoms with Gasteiger partial charge in [-0.25, -0.2) is 0 Å². The van der Waals surface area contributed by atoms with E-state index in [0.29, 0.717) is 18.5 Å². The molecule has 2 atom stereocenters. The van der Waals surface area contributed by atoms with E-state index < -0.39 is 0 Å². The average molecular weight is 404 g/mol. The van der Waals surface area contributed by atoms with Gasteiger partial charge in [-0.15, -0.1) is 0 Å². The van der Waals surface area contributed by atoms with Gasteiger partial charge in [-0.05, 0) is 48.9 Å². The van der Waals surface area contributed by atoms with Crippen molar-refractivity contribution >= 4 is 5.91 Å². The zero-order chi connectivity index (χ0) is 20.8. The lowest BCUT2D eigenvalue weighted by Gasteiger charge is -2.35. The van der Waals surface area contributed by atoms with Crippen LogP contribution in [-0.2, 0) is 11.3 Å². The Morgan fingerprint density at radius 1 is 1.03 bits per heavy atom. The summed E-state index contributed by atoms with van der Waals surface area (Å²) in [4.78, 5) is 17.2. The highest BCUT2D eigenvalue weighted by atomic mass is 16.5. The largest absolute Gasteiger partial charge is 0.493 e. The van der Waals surface area contributed by atoms with Crippen LogP contribution < -0.4 is 14.8 Å². The molecular weight excluding hydrogens is 366 g/mol. The molecule has 0 bridgehead atoms. The van der Waals surface area contributed by atoms with Crippen molar-refractivity contribution in [2.45, 2.75) is 52.1 Å². The second kappa shape index (κ2) is 10.3. The Balaban J connectivity index is 1.46. The molecule has 2 aliphatic rings. The number of piperazine rings is 1. The van der Waals surface area contributed by atoms with Crippen molar-refractivity contribution in [2.75, 3.05) is 46.9 Å². The van der Waals surface area contributed by atoms with Crippen molar-refractivity contribution in [2.24, 2.45) is 5.92 Å². The van der Waals surface area contributed by atoms with Crippen LogP contribution in [0.1, 0.15) is 43.7 Å². The fourth-order valence-electron chi connectivity index (χ4n) is 4.53. The lowest BCUT2D eigenvalue weighted by atomic mass is 9.86. The van der Waals surface area contributed by atoms with Gasteiger partial charge >= 0.3 is 0 Å². The number of nitrogens with one attached hydrogen (secondary N) is 1. The van der Waals surface area contributed by atoms with Crippen molar-refractivity contribution < 1.29 is 14.3 Å². The Hall–Kier alpha value is -1.79. The van der Waals surface area contributed by atoms with Gasteiger partial charge in [0.1, 0.15) is 0 Å². The molecule has 6 nitrogen and oxygen atoms in total. The first kappa shape index (κ1) is 21.9. The molecule has 1 heterocycles. The normalized spacial score (nSPS) is 23.6. The molecule has 0 spiro atoms. The Bertz CT molecular complexity index is 686. The number of carbonyl (C=O) groups is 1. The van der Waals surface area contributed by atoms with Crippen molar-refractivity contribution in [3.8, 4) is 11.5 Å². The lowest BCUT2D eigenvalue weighted by molar-refractivity contribution is -0.124. The maximum Gasteiger partial charge on any atom is 0.234 e. The van der Waals surface area contributed by atoms with Crippen LogP contribution in [0.2, 0.25) is 0 Å². The number of nitrogens with zero attached hydrogens (tertiary/aromatic N) is 2. The number of hydrogen-bond acceptors (Lipinski definition) is 5. The predicted octanol–water partition coefficient (Wildman–Crippen LogP) is 2.82. The summed E-state index contributed by atoms with van der Waals surface area (Å²) in [5.41, 5.74) is 2.48. The van der Waals surface area contributed by atoms with Gasteiger partial charge in [0.05, 0.1) is 20.8 Å². The number of benzene rings is 1. The number of rotatable bonds is 7. The van der Waals surface area contributed by atoms with E-state index in [2.05, 4.69) is 35.0 Å². The van der Waals surface area contributed by atoms with Crippen molar-refractivity contribution in [1.82, 2.24) is 15.1 Å². The number of ether oxygens (including phenoxy) is 2. The molecule has 3 rings (SSSR count). The summed E-state index contributed by atoms with van der Waals surface area (Å²) in [6.07, 6.45) is 4.91. The van der Waals surface area contributed by atoms with Crippen molar-refractivity contribution in [3.63, 3.8) is 0 Å². The third kappa shape index (κ3) is 5.86. The monoisotopic (exact) mass is 403 g/mol. The van der Waals surface area contributed by atoms with Gasteiger partial charge in [0.2, 0.25) is 5.91 Å². The maximum atomic E-state index is 12.5. The Morgan fingerprint density at radius 3 is 2.31 bits per heavy atom. The summed E-state index contributed by atoms with van der Waals surface area (Å²) in [5, 5.41) is 3.28. The van der Waals surface area contributed by atoms with Crippen LogP contribution in [0.25, 0.3) is 0 Å². The molecule has 29 heavy (non-hydrogen) atoms. The third-order valence-electron chi connectivity index (χ3n) is 6.53. The van der Waals surface area contributed by atoms with Gasteiger partial charge in [0, 0.05) is 38.8 Å². The minimum atomic E-state index is 0.188. The van der Waals surface area contributed by atoms with Gasteiger partial charge in [-0.3, -0.25) is 14.6 Å². The third-order valence-corrected chi connectivity index (χ3v) is 6.53. The minimum absolute atomic E-state index is 0.188. The van der Waals surface area contributed by atoms with E-state index >= 15 is 0 Å². The number of methoxy groups -OCH3 is 2. The van der Waals surface area contributed by atoms with Gasteiger partial charge < -0.3 is 14.8 Å². The second-order valence-electron chi connectivity index (χ2n) is 8.62. The van der Waals surface area contributed by atoms with Crippen LogP contribution in [-0.4, -0.2) is 68.7 Å². The maximum absolute atomic E-state index is 12.5. The van der Waals surface area contributed by atoms with Gasteiger partial charge in [0.25, 0.3) is 0 Å². The van der Waals surface area contributed by atoms with E-state index in [4.69, 9.17) is 9.47 Å². The number of aryl methyl sites for hydroxylation is 1. The highest BCUT2D eigenvalue weighted by molar-refractivity contribution is 5.78. The van der Waals surface area contributed by atoms with E-state index in [9.17, 15) is 4.79 Å². The lowest BCUT2D eigenvalue weighted by Crippen LogP contribution is -2.51. The summed E-state index contributed by atoms with van der Waals surface area (Å²) in [6.45, 7) is 9.60. The summed E-state index contributed by atoms with van der Waals surface area (Å²) < 4.78 is 10.8. The summed E-state index contributed by atoms with van der Waals surface area (Å²) in [5.74, 6) is 2.35. The molecule has 1 saturated carbocycles. The number of carbonyl (C=O) groups excluding carboxylic acids is 1. The molecular formula is C23H37N3O3. The predicted molar refractivity (Wildman–Crippen MR) is 116 cm³/mol. The molecule has 6 heteroatoms. The molecule has 1 aromatic rings. The molecule has 1 aromatic carbocycles. The summed E-state index contributed by atoms with van der Waals surface area (Å²) in [7, 11) is 3.34. The summed E-state index contributed by atoms with van der Waals surface area (Å²) in [6, 6.07) is 4.49. The van der Waals surface area contributed by atoms with Gasteiger partial charge in [-0.2, -0.15) is 0 Å². The number of amides is 1. The fraction of sp³-hybridized carbons (Fsp3) is 0.696. The van der Waals surface area contributed by atoms with Gasteiger partial charge in [0.15, 0.2) is 11.5 Å². The molecule has 1 aliphatic heterocycles. The van der Waals surface area contributed by atoms with Crippen LogP contribution >= 0.6 is 0 Å². The molecule has 162 valence electrons. The average Bonchev–Trinajstić information content (AvgIpc) is 2.72. The molecule has 0 radical (unpaired) electrons. The van der Waals surface area contributed by atoms with Crippen LogP contribution in [0, 0.1) is 12.8 Å². The molecule has 1 aliphatic carbocycles. The van der Waals surface area contributed by atoms with Crippen LogP contribution in [0.15, 0.2) is 12.1 Å². The molecule has 1 saturated heterocycles. The first-order valence-corrected chi connectivity index (χ1v) is 11.0. The fourth-order valence-corrected chi connectivity index (χ4v) is 4.53. The molecule has 0 unspecified atom stereocenters. The SMILES string of the molecule is COc1cc(C)c(CN2CCN(CC(=O)N[C@@H]3CCCC[C@@H]3C)CC2)cc1OC. The first-order valence-electron chi connectivity index (χ1n) is 11.0. The van der Waals surface area contributed by atoms with Crippen LogP contribution in [0.5, 0.6) is 11.5 Å². The highest BCUT2D eigenvalue weighted by Gasteiger charge is 2.25. The molecule has 0 aromatic heterocycles. The smallest absolute Gasteiger partial charge is 0.234 e. The Kier molecular flexibility index (Phi) is 7.78. The Labute approximate surface area is 175 Å². The van der Waals surface area contributed by atoms with Gasteiger partial charge in [-0.1, -0.05) is 19.8 Å². The van der Waals surface area contributed by atoms with E-state index in [0.717, 1.165) is 50.6 Å². The number of hydrogen-bond donors (Lipinski definition) is 1. The molecule has 2 fully saturated rings. The zero-order valence-electron chi connectivity index (χ0n) is 18.5. The van der Waals surface area contributed by atoms with E-state index in [1.165, 1.54) is 30.4 Å². The topological polar surface area (TPSA) is 54.0 Å². The quantitative estimate of drug-likeness (QED) is 0.759. The molecule has 1 amide bonds. The summed E-state index contributed by atoms with van der Waals surface area (Å²) >= 11 is 0. The zero-order valence-corrected chi connectivity index (χ0v) is 18.5. The van der Waals surface area contributed by atoms with Crippen molar-refractivity contribution in [3.05, 3.63) is 23.3 Å². The minimum Gasteiger partial charge on any atom is -0.493 e. The molecule has 1 N–H and O–H groups in total. The first-order chi connectivity index (χ1) is 14.0. The second-order valence-corrected chi connectivity index (χ2v) is 8.62. The van der Waals surface area contributed by atoms with E-state index in [1.54, 1.807) is 14.2 Å². The Morgan fingerprint density at radius 2 is 1.66 bits per heavy atom. The van der Waals surface area contributed by atoms with E-state index in [-0.39, 0.29) is 5.91 Å². The highest BCUT2D eigenvalue weighted by Crippen LogP contribution is 2.31. The van der Waals surface area contributed by atoms with Crippen LogP contribution in [0.3, 0.4) is 0 Å². The van der Waals surface area contributed by atoms with Crippen LogP contribution in [0.4, 0.5) is 0 Å².